The predicted molar refractivity (Wildman–Crippen MR) is 86.5 cm³/mol. The number of carbonyl (C=O) groups excluding carboxylic acids is 1. The van der Waals surface area contributed by atoms with Gasteiger partial charge >= 0.3 is 0 Å². The quantitative estimate of drug-likeness (QED) is 0.800. The summed E-state index contributed by atoms with van der Waals surface area (Å²) in [5, 5.41) is 6.40. The Morgan fingerprint density at radius 3 is 2.91 bits per heavy atom. The van der Waals surface area contributed by atoms with Crippen LogP contribution in [0, 0.1) is 6.92 Å². The van der Waals surface area contributed by atoms with Gasteiger partial charge in [-0.1, -0.05) is 17.7 Å². The highest BCUT2D eigenvalue weighted by atomic mass is 35.5. The lowest BCUT2D eigenvalue weighted by Gasteiger charge is -2.09. The lowest BCUT2D eigenvalue weighted by molar-refractivity contribution is 0.102. The van der Waals surface area contributed by atoms with Crippen molar-refractivity contribution in [1.29, 1.82) is 0 Å². The maximum Gasteiger partial charge on any atom is 0.274 e. The zero-order valence-electron chi connectivity index (χ0n) is 12.4. The van der Waals surface area contributed by atoms with Crippen LogP contribution in [0.15, 0.2) is 30.6 Å². The number of benzene rings is 1. The van der Waals surface area contributed by atoms with Gasteiger partial charge in [0, 0.05) is 30.4 Å². The van der Waals surface area contributed by atoms with Gasteiger partial charge < -0.3 is 15.4 Å². The number of halogens is 1. The fourth-order valence-electron chi connectivity index (χ4n) is 1.77. The zero-order valence-corrected chi connectivity index (χ0v) is 13.1. The van der Waals surface area contributed by atoms with Gasteiger partial charge in [0.05, 0.1) is 6.61 Å². The molecular weight excluding hydrogens is 304 g/mol. The highest BCUT2D eigenvalue weighted by Crippen LogP contribution is 2.20. The first-order valence-electron chi connectivity index (χ1n) is 6.72. The molecule has 1 aromatic carbocycles. The first-order chi connectivity index (χ1) is 10.6. The number of hydrogen-bond acceptors (Lipinski definition) is 5. The molecule has 0 unspecified atom stereocenters. The molecule has 22 heavy (non-hydrogen) atoms. The molecule has 6 nitrogen and oxygen atoms in total. The summed E-state index contributed by atoms with van der Waals surface area (Å²) in [6.07, 6.45) is 1.34. The molecule has 0 atom stereocenters. The summed E-state index contributed by atoms with van der Waals surface area (Å²) in [5.74, 6) is 0.252. The largest absolute Gasteiger partial charge is 0.383 e. The fraction of sp³-hybridized carbons (Fsp3) is 0.267. The van der Waals surface area contributed by atoms with Gasteiger partial charge in [-0.05, 0) is 24.6 Å². The third kappa shape index (κ3) is 4.41. The van der Waals surface area contributed by atoms with E-state index < -0.39 is 0 Å². The Hall–Kier alpha value is -2.18. The molecule has 1 heterocycles. The van der Waals surface area contributed by atoms with Crippen LogP contribution >= 0.6 is 11.6 Å². The first kappa shape index (κ1) is 16.2. The Morgan fingerprint density at radius 2 is 2.14 bits per heavy atom. The van der Waals surface area contributed by atoms with E-state index in [1.54, 1.807) is 25.3 Å². The van der Waals surface area contributed by atoms with Gasteiger partial charge in [-0.25, -0.2) is 9.97 Å². The molecule has 116 valence electrons. The van der Waals surface area contributed by atoms with Crippen molar-refractivity contribution in [3.05, 3.63) is 46.9 Å². The first-order valence-corrected chi connectivity index (χ1v) is 7.10. The third-order valence-electron chi connectivity index (χ3n) is 2.96. The summed E-state index contributed by atoms with van der Waals surface area (Å²) in [6.45, 7) is 3.04. The molecule has 0 spiro atoms. The van der Waals surface area contributed by atoms with E-state index in [9.17, 15) is 4.79 Å². The second kappa shape index (κ2) is 7.72. The molecule has 0 radical (unpaired) electrons. The summed E-state index contributed by atoms with van der Waals surface area (Å²) < 4.78 is 4.95. The van der Waals surface area contributed by atoms with Crippen LogP contribution in [-0.2, 0) is 4.74 Å². The molecule has 0 aliphatic heterocycles. The van der Waals surface area contributed by atoms with Crippen LogP contribution in [0.2, 0.25) is 5.02 Å². The summed E-state index contributed by atoms with van der Waals surface area (Å²) in [4.78, 5) is 20.3. The number of rotatable bonds is 6. The number of methoxy groups -OCH3 is 1. The molecule has 1 aromatic heterocycles. The van der Waals surface area contributed by atoms with E-state index in [1.165, 1.54) is 6.33 Å². The standard InChI is InChI=1S/C15H17ClN4O2/c1-10-3-4-11(16)7-12(10)20-15(21)13-8-14(19-9-18-13)17-5-6-22-2/h3-4,7-9H,5-6H2,1-2H3,(H,20,21)(H,17,18,19). The van der Waals surface area contributed by atoms with E-state index >= 15 is 0 Å². The molecule has 2 aromatic rings. The average molecular weight is 321 g/mol. The average Bonchev–Trinajstić information content (AvgIpc) is 2.51. The van der Waals surface area contributed by atoms with Gasteiger partial charge in [0.2, 0.25) is 0 Å². The second-order valence-electron chi connectivity index (χ2n) is 4.62. The van der Waals surface area contributed by atoms with Crippen LogP contribution in [0.5, 0.6) is 0 Å². The van der Waals surface area contributed by atoms with E-state index in [1.807, 2.05) is 13.0 Å². The maximum atomic E-state index is 12.3. The Kier molecular flexibility index (Phi) is 5.68. The van der Waals surface area contributed by atoms with Crippen molar-refractivity contribution in [2.24, 2.45) is 0 Å². The van der Waals surface area contributed by atoms with Gasteiger partial charge in [-0.2, -0.15) is 0 Å². The molecule has 0 aliphatic rings. The van der Waals surface area contributed by atoms with E-state index in [0.29, 0.717) is 29.7 Å². The van der Waals surface area contributed by atoms with Crippen molar-refractivity contribution in [3.8, 4) is 0 Å². The topological polar surface area (TPSA) is 76.1 Å². The Morgan fingerprint density at radius 1 is 1.32 bits per heavy atom. The number of hydrogen-bond donors (Lipinski definition) is 2. The van der Waals surface area contributed by atoms with Crippen molar-refractivity contribution < 1.29 is 9.53 Å². The van der Waals surface area contributed by atoms with E-state index in [0.717, 1.165) is 5.56 Å². The van der Waals surface area contributed by atoms with E-state index in [2.05, 4.69) is 20.6 Å². The molecule has 0 fully saturated rings. The van der Waals surface area contributed by atoms with Gasteiger partial charge in [-0.15, -0.1) is 0 Å². The lowest BCUT2D eigenvalue weighted by atomic mass is 10.2. The number of aromatic nitrogens is 2. The van der Waals surface area contributed by atoms with Crippen LogP contribution < -0.4 is 10.6 Å². The SMILES string of the molecule is COCCNc1cc(C(=O)Nc2cc(Cl)ccc2C)ncn1. The highest BCUT2D eigenvalue weighted by Gasteiger charge is 2.10. The van der Waals surface area contributed by atoms with Crippen LogP contribution in [-0.4, -0.2) is 36.1 Å². The van der Waals surface area contributed by atoms with Gasteiger partial charge in [0.25, 0.3) is 5.91 Å². The molecule has 1 amide bonds. The van der Waals surface area contributed by atoms with Crippen molar-refractivity contribution in [2.45, 2.75) is 6.92 Å². The van der Waals surface area contributed by atoms with Crippen molar-refractivity contribution in [1.82, 2.24) is 9.97 Å². The van der Waals surface area contributed by atoms with Crippen LogP contribution in [0.3, 0.4) is 0 Å². The minimum Gasteiger partial charge on any atom is -0.383 e. The number of carbonyl (C=O) groups is 1. The Balaban J connectivity index is 2.09. The number of amides is 1. The lowest BCUT2D eigenvalue weighted by Crippen LogP contribution is -2.16. The summed E-state index contributed by atoms with van der Waals surface area (Å²) >= 11 is 5.94. The van der Waals surface area contributed by atoms with Crippen LogP contribution in [0.1, 0.15) is 16.1 Å². The number of nitrogens with zero attached hydrogens (tertiary/aromatic N) is 2. The molecular formula is C15H17ClN4O2. The van der Waals surface area contributed by atoms with Crippen molar-refractivity contribution >= 4 is 29.0 Å². The minimum atomic E-state index is -0.317. The number of aryl methyl sites for hydroxylation is 1. The number of anilines is 2. The molecule has 2 rings (SSSR count). The Bertz CT molecular complexity index is 664. The third-order valence-corrected chi connectivity index (χ3v) is 3.19. The normalized spacial score (nSPS) is 10.3. The molecule has 0 aliphatic carbocycles. The minimum absolute atomic E-state index is 0.272. The highest BCUT2D eigenvalue weighted by molar-refractivity contribution is 6.31. The van der Waals surface area contributed by atoms with Gasteiger partial charge in [0.1, 0.15) is 17.8 Å². The van der Waals surface area contributed by atoms with Crippen molar-refractivity contribution in [3.63, 3.8) is 0 Å². The zero-order chi connectivity index (χ0) is 15.9. The van der Waals surface area contributed by atoms with Crippen LogP contribution in [0.4, 0.5) is 11.5 Å². The summed E-state index contributed by atoms with van der Waals surface area (Å²) in [5.41, 5.74) is 1.85. The summed E-state index contributed by atoms with van der Waals surface area (Å²) in [6, 6.07) is 6.91. The maximum absolute atomic E-state index is 12.3. The fourth-order valence-corrected chi connectivity index (χ4v) is 1.95. The van der Waals surface area contributed by atoms with E-state index in [4.69, 9.17) is 16.3 Å². The molecule has 0 bridgehead atoms. The second-order valence-corrected chi connectivity index (χ2v) is 5.06. The smallest absolute Gasteiger partial charge is 0.274 e. The van der Waals surface area contributed by atoms with Crippen molar-refractivity contribution in [2.75, 3.05) is 30.9 Å². The Labute approximate surface area is 133 Å². The number of nitrogens with one attached hydrogen (secondary N) is 2. The van der Waals surface area contributed by atoms with E-state index in [-0.39, 0.29) is 11.6 Å². The van der Waals surface area contributed by atoms with Crippen LogP contribution in [0.25, 0.3) is 0 Å². The molecule has 0 saturated heterocycles. The number of ether oxygens (including phenoxy) is 1. The molecule has 0 saturated carbocycles. The van der Waals surface area contributed by atoms with Gasteiger partial charge in [-0.3, -0.25) is 4.79 Å². The summed E-state index contributed by atoms with van der Waals surface area (Å²) in [7, 11) is 1.62. The predicted octanol–water partition coefficient (Wildman–Crippen LogP) is 2.75. The monoisotopic (exact) mass is 320 g/mol. The van der Waals surface area contributed by atoms with Gasteiger partial charge in [0.15, 0.2) is 0 Å². The molecule has 7 heteroatoms. The molecule has 2 N–H and O–H groups in total.